The van der Waals surface area contributed by atoms with Gasteiger partial charge in [-0.2, -0.15) is 0 Å². The maximum atomic E-state index is 10.8. The number of carbonyl (C=O) groups excluding carboxylic acids is 1. The highest BCUT2D eigenvalue weighted by atomic mass is 16.5. The Labute approximate surface area is 108 Å². The Balaban J connectivity index is 1.72. The second-order valence-corrected chi connectivity index (χ2v) is 5.63. The number of carbonyl (C=O) groups is 1. The van der Waals surface area contributed by atoms with Gasteiger partial charge in [-0.3, -0.25) is 4.79 Å². The molecule has 0 aromatic heterocycles. The fourth-order valence-electron chi connectivity index (χ4n) is 3.85. The fourth-order valence-corrected chi connectivity index (χ4v) is 3.85. The summed E-state index contributed by atoms with van der Waals surface area (Å²) in [5.41, 5.74) is 3.14. The summed E-state index contributed by atoms with van der Waals surface area (Å²) in [6, 6.07) is 8.91. The molecule has 0 radical (unpaired) electrons. The lowest BCUT2D eigenvalue weighted by atomic mass is 9.61. The summed E-state index contributed by atoms with van der Waals surface area (Å²) < 4.78 is 5.10. The highest BCUT2D eigenvalue weighted by Gasteiger charge is 2.38. The summed E-state index contributed by atoms with van der Waals surface area (Å²) in [6.45, 7) is 2.08. The van der Waals surface area contributed by atoms with Crippen LogP contribution < -0.4 is 0 Å². The molecule has 1 aromatic carbocycles. The molecule has 96 valence electrons. The maximum Gasteiger partial charge on any atom is 0.302 e. The smallest absolute Gasteiger partial charge is 0.302 e. The van der Waals surface area contributed by atoms with Crippen LogP contribution in [-0.2, 0) is 9.53 Å². The number of hydrogen-bond donors (Lipinski definition) is 0. The van der Waals surface area contributed by atoms with Crippen LogP contribution in [-0.4, -0.2) is 12.6 Å². The van der Waals surface area contributed by atoms with Crippen molar-refractivity contribution in [1.82, 2.24) is 0 Å². The molecule has 3 aliphatic rings. The topological polar surface area (TPSA) is 26.3 Å². The van der Waals surface area contributed by atoms with E-state index in [-0.39, 0.29) is 5.97 Å². The second-order valence-electron chi connectivity index (χ2n) is 5.63. The van der Waals surface area contributed by atoms with Gasteiger partial charge in [0, 0.05) is 6.92 Å². The zero-order valence-electron chi connectivity index (χ0n) is 10.9. The third-order valence-electron chi connectivity index (χ3n) is 4.61. The molecule has 2 heteroatoms. The van der Waals surface area contributed by atoms with E-state index in [1.807, 2.05) is 0 Å². The van der Waals surface area contributed by atoms with Gasteiger partial charge in [0.2, 0.25) is 0 Å². The average Bonchev–Trinajstić information content (AvgIpc) is 2.39. The van der Waals surface area contributed by atoms with E-state index < -0.39 is 0 Å². The van der Waals surface area contributed by atoms with Crippen LogP contribution in [0.4, 0.5) is 0 Å². The van der Waals surface area contributed by atoms with Crippen LogP contribution >= 0.6 is 0 Å². The third-order valence-corrected chi connectivity index (χ3v) is 4.61. The Morgan fingerprint density at radius 1 is 1.28 bits per heavy atom. The van der Waals surface area contributed by atoms with Gasteiger partial charge in [-0.1, -0.05) is 24.3 Å². The monoisotopic (exact) mass is 244 g/mol. The fraction of sp³-hybridized carbons (Fsp3) is 0.562. The van der Waals surface area contributed by atoms with Gasteiger partial charge in [0.05, 0.1) is 6.61 Å². The Morgan fingerprint density at radius 2 is 2.06 bits per heavy atom. The molecule has 0 aliphatic heterocycles. The van der Waals surface area contributed by atoms with Crippen LogP contribution in [0.5, 0.6) is 0 Å². The molecular weight excluding hydrogens is 224 g/mol. The van der Waals surface area contributed by atoms with Gasteiger partial charge >= 0.3 is 5.97 Å². The summed E-state index contributed by atoms with van der Waals surface area (Å²) in [5, 5.41) is 0. The predicted octanol–water partition coefficient (Wildman–Crippen LogP) is 3.62. The second kappa shape index (κ2) is 4.75. The van der Waals surface area contributed by atoms with Gasteiger partial charge < -0.3 is 4.74 Å². The molecule has 2 bridgehead atoms. The number of hydrogen-bond acceptors (Lipinski definition) is 2. The summed E-state index contributed by atoms with van der Waals surface area (Å²) in [4.78, 5) is 10.8. The molecular formula is C16H20O2. The minimum Gasteiger partial charge on any atom is -0.466 e. The molecule has 2 nitrogen and oxygen atoms in total. The SMILES string of the molecule is CC(=O)OCC[C@@H]1C[C@H]2CC[C@@H]1c1ccccc12. The molecule has 1 aromatic rings. The van der Waals surface area contributed by atoms with E-state index in [0.717, 1.165) is 12.3 Å². The molecule has 0 N–H and O–H groups in total. The minimum absolute atomic E-state index is 0.156. The minimum atomic E-state index is -0.156. The van der Waals surface area contributed by atoms with Crippen molar-refractivity contribution in [3.63, 3.8) is 0 Å². The van der Waals surface area contributed by atoms with E-state index in [1.54, 1.807) is 11.1 Å². The normalized spacial score (nSPS) is 28.8. The van der Waals surface area contributed by atoms with Crippen LogP contribution in [0, 0.1) is 5.92 Å². The van der Waals surface area contributed by atoms with E-state index in [1.165, 1.54) is 26.2 Å². The number of fused-ring (bicyclic) bond motifs is 2. The number of rotatable bonds is 3. The molecule has 1 saturated carbocycles. The molecule has 1 fully saturated rings. The molecule has 4 rings (SSSR count). The number of ether oxygens (including phenoxy) is 1. The van der Waals surface area contributed by atoms with Crippen LogP contribution in [0.15, 0.2) is 24.3 Å². The van der Waals surface area contributed by atoms with Crippen LogP contribution in [0.25, 0.3) is 0 Å². The Morgan fingerprint density at radius 3 is 2.83 bits per heavy atom. The average molecular weight is 244 g/mol. The van der Waals surface area contributed by atoms with Crippen molar-refractivity contribution < 1.29 is 9.53 Å². The summed E-state index contributed by atoms with van der Waals surface area (Å²) >= 11 is 0. The lowest BCUT2D eigenvalue weighted by molar-refractivity contribution is -0.141. The van der Waals surface area contributed by atoms with Gasteiger partial charge in [0.25, 0.3) is 0 Å². The van der Waals surface area contributed by atoms with Crippen molar-refractivity contribution in [2.45, 2.75) is 44.4 Å². The third kappa shape index (κ3) is 2.05. The predicted molar refractivity (Wildman–Crippen MR) is 70.5 cm³/mol. The van der Waals surface area contributed by atoms with Gasteiger partial charge in [0.15, 0.2) is 0 Å². The van der Waals surface area contributed by atoms with Crippen LogP contribution in [0.3, 0.4) is 0 Å². The summed E-state index contributed by atoms with van der Waals surface area (Å²) in [7, 11) is 0. The quantitative estimate of drug-likeness (QED) is 0.759. The van der Waals surface area contributed by atoms with Crippen molar-refractivity contribution >= 4 is 5.97 Å². The highest BCUT2D eigenvalue weighted by Crippen LogP contribution is 2.53. The zero-order chi connectivity index (χ0) is 12.5. The lowest BCUT2D eigenvalue weighted by Crippen LogP contribution is -2.30. The molecule has 0 spiro atoms. The van der Waals surface area contributed by atoms with Crippen molar-refractivity contribution in [3.8, 4) is 0 Å². The molecule has 18 heavy (non-hydrogen) atoms. The summed E-state index contributed by atoms with van der Waals surface area (Å²) in [6.07, 6.45) is 4.95. The van der Waals surface area contributed by atoms with Crippen LogP contribution in [0.1, 0.15) is 55.6 Å². The van der Waals surface area contributed by atoms with Gasteiger partial charge in [0.1, 0.15) is 0 Å². The first-order chi connectivity index (χ1) is 8.75. The lowest BCUT2D eigenvalue weighted by Gasteiger charge is -2.44. The summed E-state index contributed by atoms with van der Waals surface area (Å²) in [5.74, 6) is 1.99. The molecule has 0 amide bonds. The molecule has 0 unspecified atom stereocenters. The van der Waals surface area contributed by atoms with Crippen molar-refractivity contribution in [3.05, 3.63) is 35.4 Å². The molecule has 0 heterocycles. The maximum absolute atomic E-state index is 10.8. The van der Waals surface area contributed by atoms with Gasteiger partial charge in [-0.25, -0.2) is 0 Å². The van der Waals surface area contributed by atoms with Gasteiger partial charge in [-0.05, 0) is 54.6 Å². The largest absolute Gasteiger partial charge is 0.466 e. The molecule has 3 atom stereocenters. The van der Waals surface area contributed by atoms with Crippen molar-refractivity contribution in [2.24, 2.45) is 5.92 Å². The van der Waals surface area contributed by atoms with E-state index in [2.05, 4.69) is 24.3 Å². The molecule has 0 saturated heterocycles. The first-order valence-electron chi connectivity index (χ1n) is 6.98. The zero-order valence-corrected chi connectivity index (χ0v) is 10.9. The highest BCUT2D eigenvalue weighted by molar-refractivity contribution is 5.65. The molecule has 3 aliphatic carbocycles. The van der Waals surface area contributed by atoms with Crippen LogP contribution in [0.2, 0.25) is 0 Å². The number of esters is 1. The van der Waals surface area contributed by atoms with E-state index in [9.17, 15) is 4.79 Å². The van der Waals surface area contributed by atoms with Crippen molar-refractivity contribution in [1.29, 1.82) is 0 Å². The Kier molecular flexibility index (Phi) is 3.11. The Bertz CT molecular complexity index is 452. The van der Waals surface area contributed by atoms with E-state index in [4.69, 9.17) is 4.74 Å². The first kappa shape index (κ1) is 11.8. The van der Waals surface area contributed by atoms with E-state index >= 15 is 0 Å². The number of benzene rings is 1. The van der Waals surface area contributed by atoms with Crippen molar-refractivity contribution in [2.75, 3.05) is 6.61 Å². The standard InChI is InChI=1S/C16H20O2/c1-11(17)18-9-8-13-10-12-6-7-15(13)16-5-3-2-4-14(12)16/h2-5,12-13,15H,6-10H2,1H3/t12-,13-,15+/m1/s1. The van der Waals surface area contributed by atoms with E-state index in [0.29, 0.717) is 18.4 Å². The Hall–Kier alpha value is -1.31. The first-order valence-corrected chi connectivity index (χ1v) is 6.98. The van der Waals surface area contributed by atoms with Gasteiger partial charge in [-0.15, -0.1) is 0 Å².